The highest BCUT2D eigenvalue weighted by Gasteiger charge is 2.28. The van der Waals surface area contributed by atoms with Crippen molar-refractivity contribution in [3.05, 3.63) is 55.9 Å². The van der Waals surface area contributed by atoms with Gasteiger partial charge in [-0.15, -0.1) is 11.3 Å². The monoisotopic (exact) mass is 452 g/mol. The molecule has 1 aromatic carbocycles. The molecule has 1 N–H and O–H groups in total. The van der Waals surface area contributed by atoms with Gasteiger partial charge in [0, 0.05) is 10.6 Å². The molecule has 1 aliphatic carbocycles. The van der Waals surface area contributed by atoms with Gasteiger partial charge in [-0.25, -0.2) is 4.98 Å². The predicted octanol–water partition coefficient (Wildman–Crippen LogP) is 4.46. The van der Waals surface area contributed by atoms with Crippen LogP contribution in [0.3, 0.4) is 0 Å². The van der Waals surface area contributed by atoms with Crippen molar-refractivity contribution in [2.75, 3.05) is 19.4 Å². The lowest BCUT2D eigenvalue weighted by atomic mass is 9.89. The fourth-order valence-electron chi connectivity index (χ4n) is 4.48. The Morgan fingerprint density at radius 3 is 2.81 bits per heavy atom. The molecule has 1 aliphatic rings. The number of hydrogen-bond acceptors (Lipinski definition) is 5. The number of nitrogens with zero attached hydrogens (tertiary/aromatic N) is 3. The topological polar surface area (TPSA) is 67.2 Å². The summed E-state index contributed by atoms with van der Waals surface area (Å²) in [5, 5.41) is 3.74. The molecular formula is C25H32N4O2S. The first kappa shape index (κ1) is 22.7. The second kappa shape index (κ2) is 8.79. The summed E-state index contributed by atoms with van der Waals surface area (Å²) in [6, 6.07) is 5.17. The van der Waals surface area contributed by atoms with E-state index >= 15 is 0 Å². The van der Waals surface area contributed by atoms with Gasteiger partial charge in [0.1, 0.15) is 16.7 Å². The SMILES string of the molecule is Cc1cccc(NC(=O)C(C)n2c(CN(C)C)nc3sc4c(c3c2=O)CCC(C)C4)c1C. The zero-order valence-electron chi connectivity index (χ0n) is 19.8. The largest absolute Gasteiger partial charge is 0.324 e. The van der Waals surface area contributed by atoms with Crippen LogP contribution in [0.5, 0.6) is 0 Å². The molecule has 2 unspecified atom stereocenters. The summed E-state index contributed by atoms with van der Waals surface area (Å²) in [5.41, 5.74) is 3.97. The van der Waals surface area contributed by atoms with E-state index in [0.29, 0.717) is 23.7 Å². The van der Waals surface area contributed by atoms with Gasteiger partial charge in [0.05, 0.1) is 11.9 Å². The molecule has 0 bridgehead atoms. The van der Waals surface area contributed by atoms with Gasteiger partial charge in [0.2, 0.25) is 5.91 Å². The Balaban J connectivity index is 1.80. The summed E-state index contributed by atoms with van der Waals surface area (Å²) in [7, 11) is 3.89. The van der Waals surface area contributed by atoms with Gasteiger partial charge >= 0.3 is 0 Å². The lowest BCUT2D eigenvalue weighted by Crippen LogP contribution is -2.36. The fourth-order valence-corrected chi connectivity index (χ4v) is 5.87. The van der Waals surface area contributed by atoms with Gasteiger partial charge in [-0.1, -0.05) is 19.1 Å². The van der Waals surface area contributed by atoms with Crippen LogP contribution in [0, 0.1) is 19.8 Å². The van der Waals surface area contributed by atoms with E-state index in [4.69, 9.17) is 4.98 Å². The van der Waals surface area contributed by atoms with Gasteiger partial charge in [0.25, 0.3) is 5.56 Å². The summed E-state index contributed by atoms with van der Waals surface area (Å²) in [6.45, 7) is 8.55. The number of hydrogen-bond donors (Lipinski definition) is 1. The molecule has 32 heavy (non-hydrogen) atoms. The molecule has 2 heterocycles. The van der Waals surface area contributed by atoms with E-state index in [-0.39, 0.29) is 11.5 Å². The first-order valence-electron chi connectivity index (χ1n) is 11.2. The Morgan fingerprint density at radius 1 is 1.34 bits per heavy atom. The molecule has 0 fully saturated rings. The molecule has 7 heteroatoms. The molecule has 6 nitrogen and oxygen atoms in total. The number of thiophene rings is 1. The standard InChI is InChI=1S/C25H32N4O2S/c1-14-10-11-18-20(12-14)32-24-22(18)25(31)29(21(27-24)13-28(5)6)17(4)23(30)26-19-9-7-8-15(2)16(19)3/h7-9,14,17H,10-13H2,1-6H3,(H,26,30). The summed E-state index contributed by atoms with van der Waals surface area (Å²) in [6.07, 6.45) is 2.99. The second-order valence-electron chi connectivity index (χ2n) is 9.39. The van der Waals surface area contributed by atoms with Gasteiger partial charge in [-0.2, -0.15) is 0 Å². The summed E-state index contributed by atoms with van der Waals surface area (Å²) >= 11 is 1.65. The lowest BCUT2D eigenvalue weighted by molar-refractivity contribution is -0.119. The number of carbonyl (C=O) groups is 1. The number of aryl methyl sites for hydroxylation is 2. The van der Waals surface area contributed by atoms with Crippen molar-refractivity contribution in [2.45, 2.75) is 59.5 Å². The van der Waals surface area contributed by atoms with Crippen LogP contribution in [0.4, 0.5) is 5.69 Å². The molecule has 4 rings (SSSR count). The molecule has 2 aromatic heterocycles. The second-order valence-corrected chi connectivity index (χ2v) is 10.5. The molecule has 0 saturated heterocycles. The molecule has 2 atom stereocenters. The Labute approximate surface area is 193 Å². The first-order chi connectivity index (χ1) is 15.2. The molecule has 0 radical (unpaired) electrons. The zero-order valence-corrected chi connectivity index (χ0v) is 20.6. The van der Waals surface area contributed by atoms with Crippen molar-refractivity contribution < 1.29 is 4.79 Å². The van der Waals surface area contributed by atoms with Crippen molar-refractivity contribution >= 4 is 33.1 Å². The van der Waals surface area contributed by atoms with Gasteiger partial charge in [0.15, 0.2) is 0 Å². The number of benzene rings is 1. The van der Waals surface area contributed by atoms with E-state index in [1.165, 1.54) is 4.88 Å². The average Bonchev–Trinajstić information content (AvgIpc) is 3.08. The van der Waals surface area contributed by atoms with Crippen molar-refractivity contribution in [1.82, 2.24) is 14.5 Å². The fraction of sp³-hybridized carbons (Fsp3) is 0.480. The van der Waals surface area contributed by atoms with E-state index in [1.54, 1.807) is 22.8 Å². The molecular weight excluding hydrogens is 420 g/mol. The Bertz CT molecular complexity index is 1240. The number of nitrogens with one attached hydrogen (secondary N) is 1. The van der Waals surface area contributed by atoms with Crippen LogP contribution in [0.15, 0.2) is 23.0 Å². The Morgan fingerprint density at radius 2 is 2.09 bits per heavy atom. The maximum Gasteiger partial charge on any atom is 0.263 e. The average molecular weight is 453 g/mol. The first-order valence-corrected chi connectivity index (χ1v) is 12.1. The van der Waals surface area contributed by atoms with Crippen molar-refractivity contribution in [2.24, 2.45) is 5.92 Å². The van der Waals surface area contributed by atoms with Crippen LogP contribution in [0.1, 0.15) is 53.7 Å². The third kappa shape index (κ3) is 4.11. The van der Waals surface area contributed by atoms with Crippen LogP contribution in [-0.2, 0) is 24.2 Å². The van der Waals surface area contributed by atoms with Crippen molar-refractivity contribution in [1.29, 1.82) is 0 Å². The van der Waals surface area contributed by atoms with Crippen LogP contribution < -0.4 is 10.9 Å². The number of carbonyl (C=O) groups excluding carboxylic acids is 1. The lowest BCUT2D eigenvalue weighted by Gasteiger charge is -2.22. The summed E-state index contributed by atoms with van der Waals surface area (Å²) < 4.78 is 1.60. The smallest absolute Gasteiger partial charge is 0.263 e. The highest BCUT2D eigenvalue weighted by Crippen LogP contribution is 2.36. The summed E-state index contributed by atoms with van der Waals surface area (Å²) in [5.74, 6) is 1.05. The van der Waals surface area contributed by atoms with E-state index in [2.05, 4.69) is 12.2 Å². The van der Waals surface area contributed by atoms with Gasteiger partial charge in [-0.3, -0.25) is 14.2 Å². The van der Waals surface area contributed by atoms with Gasteiger partial charge < -0.3 is 10.2 Å². The van der Waals surface area contributed by atoms with E-state index < -0.39 is 6.04 Å². The van der Waals surface area contributed by atoms with E-state index in [1.807, 2.05) is 51.0 Å². The highest BCUT2D eigenvalue weighted by molar-refractivity contribution is 7.18. The minimum Gasteiger partial charge on any atom is -0.324 e. The van der Waals surface area contributed by atoms with Crippen LogP contribution in [0.2, 0.25) is 0 Å². The van der Waals surface area contributed by atoms with Crippen LogP contribution in [-0.4, -0.2) is 34.5 Å². The number of anilines is 1. The van der Waals surface area contributed by atoms with Crippen LogP contribution >= 0.6 is 11.3 Å². The molecule has 3 aromatic rings. The highest BCUT2D eigenvalue weighted by atomic mass is 32.1. The predicted molar refractivity (Wildman–Crippen MR) is 132 cm³/mol. The van der Waals surface area contributed by atoms with Gasteiger partial charge in [-0.05, 0) is 82.8 Å². The third-order valence-corrected chi connectivity index (χ3v) is 7.67. The maximum absolute atomic E-state index is 13.8. The van der Waals surface area contributed by atoms with Crippen molar-refractivity contribution in [3.8, 4) is 0 Å². The number of fused-ring (bicyclic) bond motifs is 3. The number of rotatable bonds is 5. The Hall–Kier alpha value is -2.51. The molecule has 170 valence electrons. The molecule has 0 saturated carbocycles. The molecule has 0 aliphatic heterocycles. The molecule has 1 amide bonds. The third-order valence-electron chi connectivity index (χ3n) is 6.52. The molecule has 0 spiro atoms. The Kier molecular flexibility index (Phi) is 6.23. The number of amides is 1. The zero-order chi connectivity index (χ0) is 23.2. The minimum absolute atomic E-state index is 0.0949. The minimum atomic E-state index is -0.674. The van der Waals surface area contributed by atoms with Crippen molar-refractivity contribution in [3.63, 3.8) is 0 Å². The number of aromatic nitrogens is 2. The van der Waals surface area contributed by atoms with E-state index in [9.17, 15) is 9.59 Å². The maximum atomic E-state index is 13.8. The quantitative estimate of drug-likeness (QED) is 0.621. The summed E-state index contributed by atoms with van der Waals surface area (Å²) in [4.78, 5) is 36.0. The normalized spacial score (nSPS) is 16.9. The van der Waals surface area contributed by atoms with Crippen LogP contribution in [0.25, 0.3) is 10.2 Å². The van der Waals surface area contributed by atoms with E-state index in [0.717, 1.165) is 46.5 Å².